The lowest BCUT2D eigenvalue weighted by molar-refractivity contribution is 0.0663. The van der Waals surface area contributed by atoms with Gasteiger partial charge in [0.1, 0.15) is 5.76 Å². The second-order valence-electron chi connectivity index (χ2n) is 5.26. The minimum Gasteiger partial charge on any atom is -0.475 e. The van der Waals surface area contributed by atoms with Crippen molar-refractivity contribution in [2.75, 3.05) is 0 Å². The number of furan rings is 1. The van der Waals surface area contributed by atoms with E-state index in [-0.39, 0.29) is 11.2 Å². The summed E-state index contributed by atoms with van der Waals surface area (Å²) in [6, 6.07) is 11.1. The molecule has 0 fully saturated rings. The second-order valence-corrected chi connectivity index (χ2v) is 5.26. The number of hydrogen-bond donors (Lipinski definition) is 1. The first-order valence-electron chi connectivity index (χ1n) is 5.82. The van der Waals surface area contributed by atoms with Crippen LogP contribution in [0.5, 0.6) is 0 Å². The maximum absolute atomic E-state index is 10.8. The number of carboxylic acid groups (broad SMARTS) is 1. The molecule has 94 valence electrons. The third-order valence-electron chi connectivity index (χ3n) is 2.82. The summed E-state index contributed by atoms with van der Waals surface area (Å²) in [4.78, 5) is 10.8. The molecule has 1 aromatic carbocycles. The molecule has 0 aliphatic carbocycles. The van der Waals surface area contributed by atoms with E-state index in [1.54, 1.807) is 6.07 Å². The smallest absolute Gasteiger partial charge is 0.371 e. The van der Waals surface area contributed by atoms with Gasteiger partial charge in [-0.1, -0.05) is 45.0 Å². The van der Waals surface area contributed by atoms with E-state index in [1.165, 1.54) is 6.07 Å². The van der Waals surface area contributed by atoms with Crippen molar-refractivity contribution in [2.24, 2.45) is 0 Å². The van der Waals surface area contributed by atoms with Crippen LogP contribution in [0.1, 0.15) is 36.9 Å². The Balaban J connectivity index is 2.53. The highest BCUT2D eigenvalue weighted by molar-refractivity contribution is 5.85. The summed E-state index contributed by atoms with van der Waals surface area (Å²) in [7, 11) is 0. The minimum atomic E-state index is -1.05. The van der Waals surface area contributed by atoms with E-state index in [4.69, 9.17) is 9.52 Å². The number of aromatic carboxylic acids is 1. The first kappa shape index (κ1) is 12.4. The Labute approximate surface area is 106 Å². The summed E-state index contributed by atoms with van der Waals surface area (Å²) in [6.07, 6.45) is 0. The van der Waals surface area contributed by atoms with Crippen molar-refractivity contribution < 1.29 is 14.3 Å². The van der Waals surface area contributed by atoms with Crippen molar-refractivity contribution in [1.29, 1.82) is 0 Å². The van der Waals surface area contributed by atoms with Crippen LogP contribution in [-0.4, -0.2) is 11.1 Å². The van der Waals surface area contributed by atoms with Crippen LogP contribution in [0.2, 0.25) is 0 Å². The molecule has 0 unspecified atom stereocenters. The molecule has 2 rings (SSSR count). The molecule has 0 aliphatic heterocycles. The van der Waals surface area contributed by atoms with Gasteiger partial charge in [0.25, 0.3) is 0 Å². The van der Waals surface area contributed by atoms with Gasteiger partial charge in [-0.15, -0.1) is 0 Å². The maximum Gasteiger partial charge on any atom is 0.371 e. The zero-order valence-corrected chi connectivity index (χ0v) is 10.7. The van der Waals surface area contributed by atoms with Gasteiger partial charge >= 0.3 is 5.97 Å². The molecule has 0 atom stereocenters. The molecule has 0 radical (unpaired) electrons. The predicted molar refractivity (Wildman–Crippen MR) is 69.8 cm³/mol. The van der Waals surface area contributed by atoms with Crippen LogP contribution in [0.25, 0.3) is 11.3 Å². The molecule has 0 bridgehead atoms. The Kier molecular flexibility index (Phi) is 2.99. The van der Waals surface area contributed by atoms with E-state index in [2.05, 4.69) is 20.8 Å². The van der Waals surface area contributed by atoms with Crippen molar-refractivity contribution in [1.82, 2.24) is 0 Å². The zero-order valence-electron chi connectivity index (χ0n) is 10.7. The van der Waals surface area contributed by atoms with E-state index in [9.17, 15) is 4.79 Å². The van der Waals surface area contributed by atoms with Gasteiger partial charge in [-0.3, -0.25) is 0 Å². The van der Waals surface area contributed by atoms with Gasteiger partial charge in [-0.05, 0) is 23.1 Å². The molecule has 0 aliphatic rings. The maximum atomic E-state index is 10.8. The summed E-state index contributed by atoms with van der Waals surface area (Å²) >= 11 is 0. The lowest BCUT2D eigenvalue weighted by Crippen LogP contribution is -2.12. The van der Waals surface area contributed by atoms with Gasteiger partial charge < -0.3 is 9.52 Å². The number of carbonyl (C=O) groups is 1. The average molecular weight is 244 g/mol. The summed E-state index contributed by atoms with van der Waals surface area (Å²) in [5, 5.41) is 8.88. The molecule has 0 spiro atoms. The molecular formula is C15H16O3. The minimum absolute atomic E-state index is 0.0211. The summed E-state index contributed by atoms with van der Waals surface area (Å²) in [5.41, 5.74) is 2.06. The molecule has 1 aromatic heterocycles. The van der Waals surface area contributed by atoms with E-state index < -0.39 is 5.97 Å². The second kappa shape index (κ2) is 4.33. The number of rotatable bonds is 2. The van der Waals surface area contributed by atoms with Crippen LogP contribution in [0, 0.1) is 0 Å². The first-order valence-corrected chi connectivity index (χ1v) is 5.82. The van der Waals surface area contributed by atoms with Crippen LogP contribution in [-0.2, 0) is 5.41 Å². The van der Waals surface area contributed by atoms with Crippen molar-refractivity contribution >= 4 is 5.97 Å². The molecule has 0 amide bonds. The van der Waals surface area contributed by atoms with Gasteiger partial charge in [-0.2, -0.15) is 0 Å². The topological polar surface area (TPSA) is 50.4 Å². The first-order chi connectivity index (χ1) is 8.39. The average Bonchev–Trinajstić information content (AvgIpc) is 2.77. The third kappa shape index (κ3) is 2.30. The standard InChI is InChI=1S/C15H16O3/c1-15(2,3)11-7-5-4-6-10(11)12-8-9-13(18-12)14(16)17/h4-9H,1-3H3,(H,16,17). The fraction of sp³-hybridized carbons (Fsp3) is 0.267. The molecule has 0 saturated heterocycles. The van der Waals surface area contributed by atoms with Crippen molar-refractivity contribution in [3.63, 3.8) is 0 Å². The summed E-state index contributed by atoms with van der Waals surface area (Å²) in [5.74, 6) is -0.485. The van der Waals surface area contributed by atoms with Gasteiger partial charge in [0.15, 0.2) is 0 Å². The Morgan fingerprint density at radius 2 is 1.78 bits per heavy atom. The zero-order chi connectivity index (χ0) is 13.3. The Hall–Kier alpha value is -2.03. The fourth-order valence-electron chi connectivity index (χ4n) is 1.95. The number of benzene rings is 1. The quantitative estimate of drug-likeness (QED) is 0.870. The summed E-state index contributed by atoms with van der Waals surface area (Å²) in [6.45, 7) is 6.35. The Morgan fingerprint density at radius 3 is 2.33 bits per heavy atom. The highest BCUT2D eigenvalue weighted by atomic mass is 16.4. The lowest BCUT2D eigenvalue weighted by Gasteiger charge is -2.21. The molecule has 0 saturated carbocycles. The fourth-order valence-corrected chi connectivity index (χ4v) is 1.95. The molecule has 1 N–H and O–H groups in total. The monoisotopic (exact) mass is 244 g/mol. The van der Waals surface area contributed by atoms with Crippen molar-refractivity contribution in [3.05, 3.63) is 47.7 Å². The predicted octanol–water partition coefficient (Wildman–Crippen LogP) is 3.94. The van der Waals surface area contributed by atoms with E-state index in [1.807, 2.05) is 24.3 Å². The molecular weight excluding hydrogens is 228 g/mol. The highest BCUT2D eigenvalue weighted by Gasteiger charge is 2.20. The van der Waals surface area contributed by atoms with E-state index >= 15 is 0 Å². The van der Waals surface area contributed by atoms with Crippen LogP contribution in [0.4, 0.5) is 0 Å². The number of hydrogen-bond acceptors (Lipinski definition) is 2. The van der Waals surface area contributed by atoms with Crippen LogP contribution in [0.15, 0.2) is 40.8 Å². The molecule has 2 aromatic rings. The highest BCUT2D eigenvalue weighted by Crippen LogP contribution is 2.33. The van der Waals surface area contributed by atoms with Crippen molar-refractivity contribution in [3.8, 4) is 11.3 Å². The normalized spacial score (nSPS) is 11.5. The van der Waals surface area contributed by atoms with E-state index in [0.29, 0.717) is 5.76 Å². The van der Waals surface area contributed by atoms with Crippen molar-refractivity contribution in [2.45, 2.75) is 26.2 Å². The largest absolute Gasteiger partial charge is 0.475 e. The van der Waals surface area contributed by atoms with Crippen LogP contribution >= 0.6 is 0 Å². The van der Waals surface area contributed by atoms with E-state index in [0.717, 1.165) is 11.1 Å². The molecule has 3 heteroatoms. The Morgan fingerprint density at radius 1 is 1.11 bits per heavy atom. The SMILES string of the molecule is CC(C)(C)c1ccccc1-c1ccc(C(=O)O)o1. The molecule has 1 heterocycles. The third-order valence-corrected chi connectivity index (χ3v) is 2.82. The Bertz CT molecular complexity index is 573. The lowest BCUT2D eigenvalue weighted by atomic mass is 9.83. The van der Waals surface area contributed by atoms with Gasteiger partial charge in [-0.25, -0.2) is 4.79 Å². The molecule has 3 nitrogen and oxygen atoms in total. The van der Waals surface area contributed by atoms with Gasteiger partial charge in [0.2, 0.25) is 5.76 Å². The summed E-state index contributed by atoms with van der Waals surface area (Å²) < 4.78 is 5.37. The van der Waals surface area contributed by atoms with Crippen LogP contribution in [0.3, 0.4) is 0 Å². The van der Waals surface area contributed by atoms with Crippen LogP contribution < -0.4 is 0 Å². The van der Waals surface area contributed by atoms with Gasteiger partial charge in [0, 0.05) is 5.56 Å². The van der Waals surface area contributed by atoms with Gasteiger partial charge in [0.05, 0.1) is 0 Å². The number of carboxylic acids is 1. The molecule has 18 heavy (non-hydrogen) atoms.